The molecule has 26 heavy (non-hydrogen) atoms. The van der Waals surface area contributed by atoms with Crippen LogP contribution in [0.3, 0.4) is 0 Å². The fourth-order valence-electron chi connectivity index (χ4n) is 2.84. The van der Waals surface area contributed by atoms with E-state index in [9.17, 15) is 10.2 Å². The molecular formula is C22H38O4. The van der Waals surface area contributed by atoms with Crippen LogP contribution in [0.2, 0.25) is 0 Å². The number of aliphatic hydroxyl groups is 2. The largest absolute Gasteiger partial charge is 0.487 e. The predicted molar refractivity (Wildman–Crippen MR) is 107 cm³/mol. The Kier molecular flexibility index (Phi) is 7.97. The SMILES string of the molecule is CCC(C)(C)c1ccc(OCC(C)O)c(OCC(C)O)c1C(C)(C)CC. The van der Waals surface area contributed by atoms with Gasteiger partial charge in [0.1, 0.15) is 13.2 Å². The third-order valence-corrected chi connectivity index (χ3v) is 5.24. The molecule has 4 nitrogen and oxygen atoms in total. The quantitative estimate of drug-likeness (QED) is 0.636. The minimum Gasteiger partial charge on any atom is -0.487 e. The second-order valence-corrected chi connectivity index (χ2v) is 8.61. The van der Waals surface area contributed by atoms with Crippen molar-refractivity contribution >= 4 is 0 Å². The van der Waals surface area contributed by atoms with E-state index in [1.807, 2.05) is 6.07 Å². The number of hydrogen-bond donors (Lipinski definition) is 2. The molecule has 0 amide bonds. The highest BCUT2D eigenvalue weighted by molar-refractivity contribution is 5.56. The van der Waals surface area contributed by atoms with E-state index in [1.54, 1.807) is 13.8 Å². The lowest BCUT2D eigenvalue weighted by atomic mass is 9.71. The normalized spacial score (nSPS) is 14.8. The van der Waals surface area contributed by atoms with Gasteiger partial charge in [0.25, 0.3) is 0 Å². The van der Waals surface area contributed by atoms with Crippen molar-refractivity contribution in [3.63, 3.8) is 0 Å². The summed E-state index contributed by atoms with van der Waals surface area (Å²) in [7, 11) is 0. The molecule has 1 aromatic carbocycles. The van der Waals surface area contributed by atoms with Gasteiger partial charge in [0.05, 0.1) is 12.2 Å². The van der Waals surface area contributed by atoms with Gasteiger partial charge in [-0.05, 0) is 49.1 Å². The molecule has 0 aliphatic heterocycles. The third kappa shape index (κ3) is 5.62. The minimum absolute atomic E-state index is 0.00643. The summed E-state index contributed by atoms with van der Waals surface area (Å²) < 4.78 is 11.9. The van der Waals surface area contributed by atoms with Gasteiger partial charge in [0.2, 0.25) is 0 Å². The third-order valence-electron chi connectivity index (χ3n) is 5.24. The predicted octanol–water partition coefficient (Wildman–Crippen LogP) is 4.58. The summed E-state index contributed by atoms with van der Waals surface area (Å²) in [5.41, 5.74) is 2.26. The Hall–Kier alpha value is -1.26. The lowest BCUT2D eigenvalue weighted by Crippen LogP contribution is -2.28. The van der Waals surface area contributed by atoms with Crippen molar-refractivity contribution in [3.05, 3.63) is 23.3 Å². The van der Waals surface area contributed by atoms with Crippen LogP contribution in [0.1, 0.15) is 79.4 Å². The molecule has 0 aliphatic rings. The van der Waals surface area contributed by atoms with Gasteiger partial charge in [0, 0.05) is 5.56 Å². The lowest BCUT2D eigenvalue weighted by Gasteiger charge is -2.36. The molecule has 0 bridgehead atoms. The molecule has 0 heterocycles. The van der Waals surface area contributed by atoms with E-state index < -0.39 is 12.2 Å². The summed E-state index contributed by atoms with van der Waals surface area (Å²) in [5.74, 6) is 1.32. The highest BCUT2D eigenvalue weighted by atomic mass is 16.5. The molecule has 1 rings (SSSR count). The molecule has 150 valence electrons. The van der Waals surface area contributed by atoms with Crippen molar-refractivity contribution in [1.82, 2.24) is 0 Å². The van der Waals surface area contributed by atoms with Crippen molar-refractivity contribution < 1.29 is 19.7 Å². The van der Waals surface area contributed by atoms with Crippen molar-refractivity contribution in [3.8, 4) is 11.5 Å². The van der Waals surface area contributed by atoms with Crippen LogP contribution in [0.25, 0.3) is 0 Å². The Balaban J connectivity index is 3.62. The van der Waals surface area contributed by atoms with E-state index in [-0.39, 0.29) is 24.0 Å². The second-order valence-electron chi connectivity index (χ2n) is 8.61. The first kappa shape index (κ1) is 22.8. The average molecular weight is 367 g/mol. The lowest BCUT2D eigenvalue weighted by molar-refractivity contribution is 0.106. The smallest absolute Gasteiger partial charge is 0.165 e. The topological polar surface area (TPSA) is 58.9 Å². The van der Waals surface area contributed by atoms with Gasteiger partial charge >= 0.3 is 0 Å². The van der Waals surface area contributed by atoms with E-state index in [0.717, 1.165) is 18.4 Å². The number of aliphatic hydroxyl groups excluding tert-OH is 2. The Morgan fingerprint density at radius 3 is 1.81 bits per heavy atom. The first-order valence-electron chi connectivity index (χ1n) is 9.76. The van der Waals surface area contributed by atoms with Gasteiger partial charge in [0.15, 0.2) is 11.5 Å². The van der Waals surface area contributed by atoms with Crippen molar-refractivity contribution in [2.24, 2.45) is 0 Å². The van der Waals surface area contributed by atoms with E-state index >= 15 is 0 Å². The van der Waals surface area contributed by atoms with Crippen molar-refractivity contribution in [2.45, 2.75) is 91.3 Å². The average Bonchev–Trinajstić information content (AvgIpc) is 2.57. The maximum Gasteiger partial charge on any atom is 0.165 e. The summed E-state index contributed by atoms with van der Waals surface area (Å²) in [6.07, 6.45) is 0.822. The Bertz CT molecular complexity index is 574. The zero-order chi connectivity index (χ0) is 20.1. The zero-order valence-electron chi connectivity index (χ0n) is 17.8. The summed E-state index contributed by atoms with van der Waals surface area (Å²) in [6, 6.07) is 4.06. The first-order chi connectivity index (χ1) is 12.0. The van der Waals surface area contributed by atoms with Gasteiger partial charge in [-0.1, -0.05) is 47.6 Å². The number of ether oxygens (including phenoxy) is 2. The monoisotopic (exact) mass is 366 g/mol. The molecule has 0 radical (unpaired) electrons. The van der Waals surface area contributed by atoms with E-state index in [0.29, 0.717) is 11.5 Å². The first-order valence-corrected chi connectivity index (χ1v) is 9.76. The minimum atomic E-state index is -0.569. The zero-order valence-corrected chi connectivity index (χ0v) is 17.8. The summed E-state index contributed by atoms with van der Waals surface area (Å²) in [5, 5.41) is 19.4. The van der Waals surface area contributed by atoms with Crippen LogP contribution in [-0.2, 0) is 10.8 Å². The van der Waals surface area contributed by atoms with Crippen LogP contribution < -0.4 is 9.47 Å². The van der Waals surface area contributed by atoms with Crippen LogP contribution in [-0.4, -0.2) is 35.6 Å². The van der Waals surface area contributed by atoms with Gasteiger partial charge in [-0.3, -0.25) is 0 Å². The molecule has 0 saturated heterocycles. The molecule has 0 aliphatic carbocycles. The molecule has 4 heteroatoms. The summed E-state index contributed by atoms with van der Waals surface area (Å²) in [6.45, 7) is 17.1. The fraction of sp³-hybridized carbons (Fsp3) is 0.727. The molecule has 0 aromatic heterocycles. The van der Waals surface area contributed by atoms with E-state index in [2.05, 4.69) is 47.6 Å². The molecule has 2 N–H and O–H groups in total. The van der Waals surface area contributed by atoms with Gasteiger partial charge in [-0.2, -0.15) is 0 Å². The summed E-state index contributed by atoms with van der Waals surface area (Å²) in [4.78, 5) is 0. The van der Waals surface area contributed by atoms with Crippen LogP contribution in [0.15, 0.2) is 12.1 Å². The highest BCUT2D eigenvalue weighted by Gasteiger charge is 2.34. The van der Waals surface area contributed by atoms with Gasteiger partial charge < -0.3 is 19.7 Å². The van der Waals surface area contributed by atoms with E-state index in [4.69, 9.17) is 9.47 Å². The van der Waals surface area contributed by atoms with Crippen molar-refractivity contribution in [1.29, 1.82) is 0 Å². The molecule has 1 aromatic rings. The molecule has 2 atom stereocenters. The van der Waals surface area contributed by atoms with Crippen LogP contribution >= 0.6 is 0 Å². The van der Waals surface area contributed by atoms with Crippen LogP contribution in [0.4, 0.5) is 0 Å². The molecule has 2 unspecified atom stereocenters. The fourth-order valence-corrected chi connectivity index (χ4v) is 2.84. The van der Waals surface area contributed by atoms with Crippen LogP contribution in [0.5, 0.6) is 11.5 Å². The second kappa shape index (κ2) is 9.09. The molecule has 0 saturated carbocycles. The molecular weight excluding hydrogens is 328 g/mol. The Morgan fingerprint density at radius 2 is 1.35 bits per heavy atom. The van der Waals surface area contributed by atoms with Crippen LogP contribution in [0, 0.1) is 0 Å². The van der Waals surface area contributed by atoms with Gasteiger partial charge in [-0.15, -0.1) is 0 Å². The number of benzene rings is 1. The Labute approximate surface area is 159 Å². The number of hydrogen-bond acceptors (Lipinski definition) is 4. The summed E-state index contributed by atoms with van der Waals surface area (Å²) >= 11 is 0. The maximum absolute atomic E-state index is 9.74. The Morgan fingerprint density at radius 1 is 0.846 bits per heavy atom. The molecule has 0 fully saturated rings. The molecule has 0 spiro atoms. The highest BCUT2D eigenvalue weighted by Crippen LogP contribution is 2.47. The van der Waals surface area contributed by atoms with Gasteiger partial charge in [-0.25, -0.2) is 0 Å². The van der Waals surface area contributed by atoms with Crippen molar-refractivity contribution in [2.75, 3.05) is 13.2 Å². The standard InChI is InChI=1S/C22H38O4/c1-9-21(5,6)17-11-12-18(25-13-15(3)23)20(26-14-16(4)24)19(17)22(7,8)10-2/h11-12,15-16,23-24H,9-10,13-14H2,1-8H3. The maximum atomic E-state index is 9.74. The van der Waals surface area contributed by atoms with E-state index in [1.165, 1.54) is 5.56 Å². The number of rotatable bonds is 10.